The summed E-state index contributed by atoms with van der Waals surface area (Å²) in [6.07, 6.45) is 0. The second-order valence-electron chi connectivity index (χ2n) is 8.01. The highest BCUT2D eigenvalue weighted by Crippen LogP contribution is 2.43. The molecule has 3 aromatic rings. The van der Waals surface area contributed by atoms with E-state index in [-0.39, 0.29) is 24.4 Å². The lowest BCUT2D eigenvalue weighted by Crippen LogP contribution is -2.41. The van der Waals surface area contributed by atoms with Gasteiger partial charge < -0.3 is 4.74 Å². The molecule has 0 N–H and O–H groups in total. The zero-order valence-electron chi connectivity index (χ0n) is 18.3. The zero-order chi connectivity index (χ0) is 23.7. The van der Waals surface area contributed by atoms with E-state index in [9.17, 15) is 14.4 Å². The van der Waals surface area contributed by atoms with Crippen LogP contribution in [0.25, 0.3) is 5.70 Å². The van der Waals surface area contributed by atoms with Gasteiger partial charge >= 0.3 is 5.97 Å². The number of esters is 1. The third-order valence-electron chi connectivity index (χ3n) is 5.97. The fourth-order valence-corrected chi connectivity index (χ4v) is 5.47. The summed E-state index contributed by atoms with van der Waals surface area (Å²) >= 11 is 1.70. The normalized spacial score (nSPS) is 16.8. The van der Waals surface area contributed by atoms with Gasteiger partial charge in [0.15, 0.2) is 6.61 Å². The number of hydrogen-bond acceptors (Lipinski definition) is 5. The number of amides is 2. The van der Waals surface area contributed by atoms with Gasteiger partial charge in [0.2, 0.25) is 0 Å². The minimum Gasteiger partial charge on any atom is -0.454 e. The summed E-state index contributed by atoms with van der Waals surface area (Å²) < 4.78 is 5.34. The van der Waals surface area contributed by atoms with E-state index in [2.05, 4.69) is 6.58 Å². The van der Waals surface area contributed by atoms with Crippen molar-refractivity contribution in [3.05, 3.63) is 102 Å². The van der Waals surface area contributed by atoms with E-state index in [4.69, 9.17) is 4.74 Å². The van der Waals surface area contributed by atoms with Gasteiger partial charge in [0.1, 0.15) is 6.54 Å². The molecule has 0 aromatic heterocycles. The van der Waals surface area contributed by atoms with Crippen LogP contribution in [-0.2, 0) is 14.3 Å². The van der Waals surface area contributed by atoms with E-state index in [1.54, 1.807) is 34.9 Å². The average Bonchev–Trinajstić information content (AvgIpc) is 3.12. The van der Waals surface area contributed by atoms with Crippen molar-refractivity contribution in [2.75, 3.05) is 23.8 Å². The lowest BCUT2D eigenvalue weighted by atomic mass is 10.1. The maximum absolute atomic E-state index is 13.3. The van der Waals surface area contributed by atoms with Crippen molar-refractivity contribution < 1.29 is 19.1 Å². The number of carbonyl (C=O) groups excluding carboxylic acids is 3. The molecule has 0 radical (unpaired) electrons. The number of rotatable bonds is 5. The number of fused-ring (bicyclic) bond motifs is 2. The van der Waals surface area contributed by atoms with Crippen molar-refractivity contribution in [3.8, 4) is 0 Å². The number of anilines is 1. The molecule has 0 spiro atoms. The van der Waals surface area contributed by atoms with Crippen LogP contribution in [0.3, 0.4) is 0 Å². The predicted molar refractivity (Wildman–Crippen MR) is 131 cm³/mol. The Hall–Kier alpha value is -3.84. The summed E-state index contributed by atoms with van der Waals surface area (Å²) in [7, 11) is 0. The Bertz CT molecular complexity index is 1260. The third-order valence-corrected chi connectivity index (χ3v) is 7.11. The molecule has 7 heteroatoms. The largest absolute Gasteiger partial charge is 0.454 e. The molecular weight excluding hydrogens is 448 g/mol. The molecular formula is C27H22N2O4S. The van der Waals surface area contributed by atoms with E-state index in [0.717, 1.165) is 16.1 Å². The van der Waals surface area contributed by atoms with Crippen LogP contribution in [0, 0.1) is 0 Å². The molecule has 5 rings (SSSR count). The van der Waals surface area contributed by atoms with Gasteiger partial charge in [0, 0.05) is 27.5 Å². The summed E-state index contributed by atoms with van der Waals surface area (Å²) in [5.41, 5.74) is 3.47. The van der Waals surface area contributed by atoms with Crippen LogP contribution >= 0.6 is 11.8 Å². The van der Waals surface area contributed by atoms with Crippen molar-refractivity contribution in [3.63, 3.8) is 0 Å². The highest BCUT2D eigenvalue weighted by Gasteiger charge is 2.34. The van der Waals surface area contributed by atoms with Crippen molar-refractivity contribution in [2.24, 2.45) is 0 Å². The quantitative estimate of drug-likeness (QED) is 0.513. The van der Waals surface area contributed by atoms with Crippen LogP contribution in [0.2, 0.25) is 0 Å². The fraction of sp³-hybridized carbons (Fsp3) is 0.148. The standard InChI is InChI=1S/C27H22N2O4S/c1-18-20-11-5-6-12-21(20)27(32)28(18)15-26(31)33-16-25(30)29-22-13-7-8-14-24(22)34-17-23(29)19-9-3-2-4-10-19/h2-14,23H,1,15-17H2. The van der Waals surface area contributed by atoms with Gasteiger partial charge in [-0.25, -0.2) is 0 Å². The average molecular weight is 471 g/mol. The minimum atomic E-state index is -0.661. The Labute approximate surface area is 201 Å². The van der Waals surface area contributed by atoms with Gasteiger partial charge in [-0.15, -0.1) is 11.8 Å². The topological polar surface area (TPSA) is 66.9 Å². The molecule has 1 atom stereocenters. The van der Waals surface area contributed by atoms with Crippen LogP contribution in [-0.4, -0.2) is 41.6 Å². The summed E-state index contributed by atoms with van der Waals surface area (Å²) in [5, 5.41) is 0. The van der Waals surface area contributed by atoms with Crippen LogP contribution in [0.5, 0.6) is 0 Å². The second kappa shape index (κ2) is 9.19. The molecule has 0 fully saturated rings. The first-order valence-electron chi connectivity index (χ1n) is 10.9. The number of para-hydroxylation sites is 1. The van der Waals surface area contributed by atoms with Crippen molar-refractivity contribution in [1.29, 1.82) is 0 Å². The van der Waals surface area contributed by atoms with E-state index in [1.807, 2.05) is 60.7 Å². The second-order valence-corrected chi connectivity index (χ2v) is 9.08. The molecule has 2 aliphatic rings. The Morgan fingerprint density at radius 1 is 0.941 bits per heavy atom. The zero-order valence-corrected chi connectivity index (χ0v) is 19.2. The van der Waals surface area contributed by atoms with Crippen molar-refractivity contribution in [1.82, 2.24) is 4.90 Å². The summed E-state index contributed by atoms with van der Waals surface area (Å²) in [6, 6.07) is 24.4. The van der Waals surface area contributed by atoms with Gasteiger partial charge in [-0.1, -0.05) is 67.2 Å². The Morgan fingerprint density at radius 3 is 2.38 bits per heavy atom. The highest BCUT2D eigenvalue weighted by atomic mass is 32.2. The SMILES string of the molecule is C=C1c2ccccc2C(=O)N1CC(=O)OCC(=O)N1c2ccccc2SCC1c1ccccc1. The number of nitrogens with zero attached hydrogens (tertiary/aromatic N) is 2. The Kier molecular flexibility index (Phi) is 5.94. The first-order valence-corrected chi connectivity index (χ1v) is 11.9. The Balaban J connectivity index is 1.30. The van der Waals surface area contributed by atoms with Crippen molar-refractivity contribution >= 4 is 40.9 Å². The predicted octanol–water partition coefficient (Wildman–Crippen LogP) is 4.54. The molecule has 34 heavy (non-hydrogen) atoms. The fourth-order valence-electron chi connectivity index (χ4n) is 4.31. The first-order chi connectivity index (χ1) is 16.5. The smallest absolute Gasteiger partial charge is 0.326 e. The van der Waals surface area contributed by atoms with Crippen LogP contribution in [0.1, 0.15) is 27.5 Å². The molecule has 3 aromatic carbocycles. The molecule has 0 saturated carbocycles. The number of benzene rings is 3. The summed E-state index contributed by atoms with van der Waals surface area (Å²) in [5.74, 6) is -0.576. The number of carbonyl (C=O) groups is 3. The van der Waals surface area contributed by atoms with Gasteiger partial charge in [-0.05, 0) is 23.8 Å². The van der Waals surface area contributed by atoms with Gasteiger partial charge in [0.25, 0.3) is 11.8 Å². The van der Waals surface area contributed by atoms with E-state index < -0.39 is 12.6 Å². The van der Waals surface area contributed by atoms with Crippen LogP contribution in [0.15, 0.2) is 90.3 Å². The molecule has 0 saturated heterocycles. The lowest BCUT2D eigenvalue weighted by molar-refractivity contribution is -0.148. The highest BCUT2D eigenvalue weighted by molar-refractivity contribution is 7.99. The lowest BCUT2D eigenvalue weighted by Gasteiger charge is -2.37. The number of hydrogen-bond donors (Lipinski definition) is 0. The summed E-state index contributed by atoms with van der Waals surface area (Å²) in [6.45, 7) is 3.23. The molecule has 2 aliphatic heterocycles. The molecule has 170 valence electrons. The molecule has 2 amide bonds. The van der Waals surface area contributed by atoms with Crippen molar-refractivity contribution in [2.45, 2.75) is 10.9 Å². The molecule has 2 heterocycles. The van der Waals surface area contributed by atoms with E-state index >= 15 is 0 Å². The number of ether oxygens (including phenoxy) is 1. The maximum atomic E-state index is 13.3. The Morgan fingerprint density at radius 2 is 1.62 bits per heavy atom. The summed E-state index contributed by atoms with van der Waals surface area (Å²) in [4.78, 5) is 42.6. The van der Waals surface area contributed by atoms with Gasteiger partial charge in [0.05, 0.1) is 11.7 Å². The molecule has 6 nitrogen and oxygen atoms in total. The van der Waals surface area contributed by atoms with E-state index in [0.29, 0.717) is 22.6 Å². The molecule has 0 bridgehead atoms. The van der Waals surface area contributed by atoms with Gasteiger partial charge in [-0.3, -0.25) is 24.2 Å². The van der Waals surface area contributed by atoms with Crippen LogP contribution < -0.4 is 4.90 Å². The monoisotopic (exact) mass is 470 g/mol. The first kappa shape index (κ1) is 22.0. The third kappa shape index (κ3) is 3.99. The minimum absolute atomic E-state index is 0.179. The molecule has 0 aliphatic carbocycles. The number of thioether (sulfide) groups is 1. The van der Waals surface area contributed by atoms with Gasteiger partial charge in [-0.2, -0.15) is 0 Å². The maximum Gasteiger partial charge on any atom is 0.326 e. The van der Waals surface area contributed by atoms with Crippen LogP contribution in [0.4, 0.5) is 5.69 Å². The molecule has 1 unspecified atom stereocenters. The van der Waals surface area contributed by atoms with E-state index in [1.165, 1.54) is 4.90 Å².